The minimum absolute atomic E-state index is 0.0948. The van der Waals surface area contributed by atoms with Crippen molar-refractivity contribution in [2.24, 2.45) is 5.92 Å². The Hall–Kier alpha value is -0.810. The number of rotatable bonds is 4. The molecule has 0 aliphatic rings. The van der Waals surface area contributed by atoms with Gasteiger partial charge in [0, 0.05) is 0 Å². The topological polar surface area (TPSA) is 27.0 Å². The molecule has 0 N–H and O–H groups in total. The summed E-state index contributed by atoms with van der Waals surface area (Å²) in [6.45, 7) is 4.97. The summed E-state index contributed by atoms with van der Waals surface area (Å²) in [7, 11) is 4.05. The van der Waals surface area contributed by atoms with Gasteiger partial charge >= 0.3 is 0 Å². The monoisotopic (exact) mass is 166 g/mol. The summed E-state index contributed by atoms with van der Waals surface area (Å²) in [5.41, 5.74) is 1.18. The van der Waals surface area contributed by atoms with Crippen LogP contribution >= 0.6 is 0 Å². The van der Waals surface area contributed by atoms with Gasteiger partial charge in [-0.2, -0.15) is 5.26 Å². The highest BCUT2D eigenvalue weighted by molar-refractivity contribution is 5.10. The van der Waals surface area contributed by atoms with E-state index in [9.17, 15) is 0 Å². The number of nitrogens with zero attached hydrogens (tertiary/aromatic N) is 2. The SMILES string of the molecule is CC=C(C)C(C#N)CCN(C)C. The van der Waals surface area contributed by atoms with Crippen molar-refractivity contribution in [2.45, 2.75) is 20.3 Å². The largest absolute Gasteiger partial charge is 0.309 e. The molecule has 0 aromatic heterocycles. The van der Waals surface area contributed by atoms with Crippen LogP contribution in [0.5, 0.6) is 0 Å². The molecule has 0 bridgehead atoms. The molecule has 68 valence electrons. The van der Waals surface area contributed by atoms with Crippen LogP contribution in [0, 0.1) is 17.2 Å². The second kappa shape index (κ2) is 5.79. The molecule has 0 aromatic rings. The lowest BCUT2D eigenvalue weighted by molar-refractivity contribution is 0.385. The normalized spacial score (nSPS) is 14.5. The first-order chi connectivity index (χ1) is 5.61. The number of nitriles is 1. The standard InChI is InChI=1S/C10H18N2/c1-5-9(2)10(8-11)6-7-12(3)4/h5,10H,6-7H2,1-4H3. The maximum Gasteiger partial charge on any atom is 0.0700 e. The fourth-order valence-electron chi connectivity index (χ4n) is 0.983. The van der Waals surface area contributed by atoms with Gasteiger partial charge in [0.05, 0.1) is 12.0 Å². The molecule has 0 saturated heterocycles. The zero-order valence-electron chi connectivity index (χ0n) is 8.46. The van der Waals surface area contributed by atoms with E-state index in [0.717, 1.165) is 13.0 Å². The highest BCUT2D eigenvalue weighted by atomic mass is 15.0. The predicted octanol–water partition coefficient (Wildman–Crippen LogP) is 2.04. The molecule has 1 atom stereocenters. The molecule has 0 fully saturated rings. The molecule has 0 aliphatic heterocycles. The van der Waals surface area contributed by atoms with Gasteiger partial charge < -0.3 is 4.90 Å². The van der Waals surface area contributed by atoms with Crippen LogP contribution in [0.3, 0.4) is 0 Å². The van der Waals surface area contributed by atoms with Crippen molar-refractivity contribution in [1.82, 2.24) is 4.90 Å². The Bertz CT molecular complexity index is 187. The molecule has 2 nitrogen and oxygen atoms in total. The molecule has 12 heavy (non-hydrogen) atoms. The second-order valence-electron chi connectivity index (χ2n) is 3.31. The predicted molar refractivity (Wildman–Crippen MR) is 51.7 cm³/mol. The molecule has 0 heterocycles. The Balaban J connectivity index is 3.95. The van der Waals surface area contributed by atoms with Gasteiger partial charge in [-0.3, -0.25) is 0 Å². The van der Waals surface area contributed by atoms with E-state index in [4.69, 9.17) is 5.26 Å². The van der Waals surface area contributed by atoms with Gasteiger partial charge in [0.25, 0.3) is 0 Å². The molecular formula is C10H18N2. The number of hydrogen-bond donors (Lipinski definition) is 0. The third-order valence-corrected chi connectivity index (χ3v) is 2.03. The maximum atomic E-state index is 8.83. The van der Waals surface area contributed by atoms with Crippen molar-refractivity contribution in [3.8, 4) is 6.07 Å². The van der Waals surface area contributed by atoms with Crippen LogP contribution in [-0.4, -0.2) is 25.5 Å². The Morgan fingerprint density at radius 3 is 2.50 bits per heavy atom. The Morgan fingerprint density at radius 2 is 2.17 bits per heavy atom. The van der Waals surface area contributed by atoms with Crippen LogP contribution < -0.4 is 0 Å². The Kier molecular flexibility index (Phi) is 5.40. The van der Waals surface area contributed by atoms with Gasteiger partial charge in [-0.25, -0.2) is 0 Å². The lowest BCUT2D eigenvalue weighted by atomic mass is 9.98. The van der Waals surface area contributed by atoms with Crippen molar-refractivity contribution < 1.29 is 0 Å². The molecule has 0 saturated carbocycles. The zero-order chi connectivity index (χ0) is 9.56. The summed E-state index contributed by atoms with van der Waals surface area (Å²) < 4.78 is 0. The van der Waals surface area contributed by atoms with Crippen LogP contribution in [0.15, 0.2) is 11.6 Å². The first-order valence-corrected chi connectivity index (χ1v) is 4.29. The number of allylic oxidation sites excluding steroid dienone is 2. The average Bonchev–Trinajstić information content (AvgIpc) is 2.04. The fourth-order valence-corrected chi connectivity index (χ4v) is 0.983. The Labute approximate surface area is 75.5 Å². The molecule has 0 spiro atoms. The molecule has 1 unspecified atom stereocenters. The van der Waals surface area contributed by atoms with E-state index in [1.54, 1.807) is 0 Å². The first-order valence-electron chi connectivity index (χ1n) is 4.29. The van der Waals surface area contributed by atoms with E-state index >= 15 is 0 Å². The second-order valence-corrected chi connectivity index (χ2v) is 3.31. The minimum atomic E-state index is 0.0948. The lowest BCUT2D eigenvalue weighted by Crippen LogP contribution is -2.16. The van der Waals surface area contributed by atoms with Gasteiger partial charge in [-0.05, 0) is 40.9 Å². The van der Waals surface area contributed by atoms with Gasteiger partial charge in [-0.1, -0.05) is 11.6 Å². The zero-order valence-corrected chi connectivity index (χ0v) is 8.46. The van der Waals surface area contributed by atoms with Crippen LogP contribution in [0.1, 0.15) is 20.3 Å². The molecule has 0 aliphatic carbocycles. The van der Waals surface area contributed by atoms with E-state index < -0.39 is 0 Å². The third kappa shape index (κ3) is 4.15. The van der Waals surface area contributed by atoms with Gasteiger partial charge in [-0.15, -0.1) is 0 Å². The molecule has 0 radical (unpaired) electrons. The van der Waals surface area contributed by atoms with Crippen molar-refractivity contribution in [3.05, 3.63) is 11.6 Å². The fraction of sp³-hybridized carbons (Fsp3) is 0.700. The highest BCUT2D eigenvalue weighted by Crippen LogP contribution is 2.13. The first kappa shape index (κ1) is 11.2. The maximum absolute atomic E-state index is 8.83. The molecule has 0 amide bonds. The van der Waals surface area contributed by atoms with E-state index in [1.165, 1.54) is 5.57 Å². The quantitative estimate of drug-likeness (QED) is 0.598. The third-order valence-electron chi connectivity index (χ3n) is 2.03. The summed E-state index contributed by atoms with van der Waals surface area (Å²) in [6, 6.07) is 2.31. The van der Waals surface area contributed by atoms with E-state index in [-0.39, 0.29) is 5.92 Å². The van der Waals surface area contributed by atoms with Gasteiger partial charge in [0.2, 0.25) is 0 Å². The van der Waals surface area contributed by atoms with Crippen LogP contribution in [0.4, 0.5) is 0 Å². The van der Waals surface area contributed by atoms with E-state index in [1.807, 2.05) is 34.0 Å². The highest BCUT2D eigenvalue weighted by Gasteiger charge is 2.08. The van der Waals surface area contributed by atoms with Crippen LogP contribution in [0.2, 0.25) is 0 Å². The van der Waals surface area contributed by atoms with Crippen LogP contribution in [0.25, 0.3) is 0 Å². The smallest absolute Gasteiger partial charge is 0.0700 e. The average molecular weight is 166 g/mol. The summed E-state index contributed by atoms with van der Waals surface area (Å²) in [4.78, 5) is 2.10. The minimum Gasteiger partial charge on any atom is -0.309 e. The van der Waals surface area contributed by atoms with E-state index in [2.05, 4.69) is 11.0 Å². The molecule has 0 rings (SSSR count). The van der Waals surface area contributed by atoms with Gasteiger partial charge in [0.1, 0.15) is 0 Å². The van der Waals surface area contributed by atoms with Crippen molar-refractivity contribution >= 4 is 0 Å². The summed E-state index contributed by atoms with van der Waals surface area (Å²) >= 11 is 0. The lowest BCUT2D eigenvalue weighted by Gasteiger charge is -2.13. The summed E-state index contributed by atoms with van der Waals surface area (Å²) in [5, 5.41) is 8.83. The Morgan fingerprint density at radius 1 is 1.58 bits per heavy atom. The number of hydrogen-bond acceptors (Lipinski definition) is 2. The van der Waals surface area contributed by atoms with Crippen LogP contribution in [-0.2, 0) is 0 Å². The summed E-state index contributed by atoms with van der Waals surface area (Å²) in [6.07, 6.45) is 2.95. The van der Waals surface area contributed by atoms with Gasteiger partial charge in [0.15, 0.2) is 0 Å². The van der Waals surface area contributed by atoms with Crippen molar-refractivity contribution in [2.75, 3.05) is 20.6 Å². The summed E-state index contributed by atoms with van der Waals surface area (Å²) in [5.74, 6) is 0.0948. The molecular weight excluding hydrogens is 148 g/mol. The van der Waals surface area contributed by atoms with E-state index in [0.29, 0.717) is 0 Å². The molecule has 0 aromatic carbocycles. The van der Waals surface area contributed by atoms with Crippen molar-refractivity contribution in [1.29, 1.82) is 5.26 Å². The molecule has 2 heteroatoms. The van der Waals surface area contributed by atoms with Crippen molar-refractivity contribution in [3.63, 3.8) is 0 Å².